The van der Waals surface area contributed by atoms with Crippen LogP contribution >= 0.6 is 0 Å². The van der Waals surface area contributed by atoms with Crippen LogP contribution in [0.25, 0.3) is 0 Å². The number of piperidine rings is 1. The first-order valence-corrected chi connectivity index (χ1v) is 9.59. The third-order valence-electron chi connectivity index (χ3n) is 4.58. The maximum Gasteiger partial charge on any atom is 0.214 e. The molecule has 0 radical (unpaired) electrons. The maximum atomic E-state index is 12.5. The Morgan fingerprint density at radius 3 is 2.82 bits per heavy atom. The lowest BCUT2D eigenvalue weighted by Gasteiger charge is -2.34. The van der Waals surface area contributed by atoms with Crippen molar-refractivity contribution in [2.75, 3.05) is 18.8 Å². The third kappa shape index (κ3) is 3.88. The van der Waals surface area contributed by atoms with E-state index in [0.29, 0.717) is 18.9 Å². The molecule has 0 aliphatic carbocycles. The molecule has 1 aliphatic heterocycles. The number of nitrogens with zero attached hydrogens (tertiary/aromatic N) is 3. The van der Waals surface area contributed by atoms with E-state index in [1.54, 1.807) is 21.3 Å². The minimum absolute atomic E-state index is 0.0958. The molecular formula is C15H27N3O3S. The van der Waals surface area contributed by atoms with E-state index in [1.165, 1.54) is 0 Å². The van der Waals surface area contributed by atoms with Gasteiger partial charge < -0.3 is 9.67 Å². The standard InChI is InChI=1S/C15H27N3O3S/c1-4-12(2)11-22(20,21)18-8-5-6-13(10-18)14(19)15-16-7-9-17(15)3/h7,9,12-14,19H,4-6,8,10-11H2,1-3H3. The van der Waals surface area contributed by atoms with Crippen molar-refractivity contribution in [2.45, 2.75) is 39.2 Å². The highest BCUT2D eigenvalue weighted by Gasteiger charge is 2.34. The topological polar surface area (TPSA) is 75.4 Å². The molecule has 1 aliphatic rings. The quantitative estimate of drug-likeness (QED) is 0.859. The molecule has 2 heterocycles. The fourth-order valence-electron chi connectivity index (χ4n) is 2.94. The normalized spacial score (nSPS) is 23.4. The van der Waals surface area contributed by atoms with Gasteiger partial charge in [-0.25, -0.2) is 17.7 Å². The molecule has 126 valence electrons. The molecule has 2 rings (SSSR count). The minimum atomic E-state index is -3.25. The average molecular weight is 329 g/mol. The van der Waals surface area contributed by atoms with Gasteiger partial charge in [-0.2, -0.15) is 0 Å². The number of hydrogen-bond donors (Lipinski definition) is 1. The number of rotatable bonds is 6. The Kier molecular flexibility index (Phi) is 5.63. The van der Waals surface area contributed by atoms with Crippen LogP contribution in [0.1, 0.15) is 45.0 Å². The summed E-state index contributed by atoms with van der Waals surface area (Å²) in [6.45, 7) is 4.90. The highest BCUT2D eigenvalue weighted by molar-refractivity contribution is 7.89. The molecule has 1 aromatic heterocycles. The number of sulfonamides is 1. The van der Waals surface area contributed by atoms with Gasteiger partial charge in [-0.3, -0.25) is 0 Å². The van der Waals surface area contributed by atoms with E-state index < -0.39 is 16.1 Å². The van der Waals surface area contributed by atoms with Crippen molar-refractivity contribution in [3.63, 3.8) is 0 Å². The van der Waals surface area contributed by atoms with Gasteiger partial charge in [0.15, 0.2) is 0 Å². The van der Waals surface area contributed by atoms with Crippen LogP contribution in [0.3, 0.4) is 0 Å². The monoisotopic (exact) mass is 329 g/mol. The fraction of sp³-hybridized carbons (Fsp3) is 0.800. The van der Waals surface area contributed by atoms with Crippen molar-refractivity contribution in [3.05, 3.63) is 18.2 Å². The molecule has 0 spiro atoms. The van der Waals surface area contributed by atoms with E-state index in [2.05, 4.69) is 4.98 Å². The Morgan fingerprint density at radius 2 is 2.23 bits per heavy atom. The van der Waals surface area contributed by atoms with Crippen LogP contribution in [0.5, 0.6) is 0 Å². The van der Waals surface area contributed by atoms with E-state index >= 15 is 0 Å². The van der Waals surface area contributed by atoms with Gasteiger partial charge in [0.1, 0.15) is 11.9 Å². The zero-order chi connectivity index (χ0) is 16.3. The summed E-state index contributed by atoms with van der Waals surface area (Å²) in [4.78, 5) is 4.18. The molecule has 6 nitrogen and oxygen atoms in total. The lowest BCUT2D eigenvalue weighted by molar-refractivity contribution is 0.0645. The smallest absolute Gasteiger partial charge is 0.214 e. The van der Waals surface area contributed by atoms with Gasteiger partial charge in [-0.05, 0) is 18.8 Å². The molecule has 0 saturated carbocycles. The van der Waals surface area contributed by atoms with Gasteiger partial charge in [0.25, 0.3) is 0 Å². The highest BCUT2D eigenvalue weighted by atomic mass is 32.2. The van der Waals surface area contributed by atoms with Crippen LogP contribution in [0.2, 0.25) is 0 Å². The Balaban J connectivity index is 2.07. The van der Waals surface area contributed by atoms with Crippen LogP contribution in [0.15, 0.2) is 12.4 Å². The summed E-state index contributed by atoms with van der Waals surface area (Å²) in [5.74, 6) is 0.854. The van der Waals surface area contributed by atoms with E-state index in [9.17, 15) is 13.5 Å². The molecule has 1 fully saturated rings. The van der Waals surface area contributed by atoms with Crippen molar-refractivity contribution in [2.24, 2.45) is 18.9 Å². The van der Waals surface area contributed by atoms with Crippen LogP contribution < -0.4 is 0 Å². The molecule has 1 saturated heterocycles. The molecule has 3 atom stereocenters. The van der Waals surface area contributed by atoms with Gasteiger partial charge in [0.2, 0.25) is 10.0 Å². The Labute approximate surface area is 133 Å². The maximum absolute atomic E-state index is 12.5. The molecular weight excluding hydrogens is 302 g/mol. The van der Waals surface area contributed by atoms with Crippen molar-refractivity contribution >= 4 is 10.0 Å². The van der Waals surface area contributed by atoms with E-state index in [1.807, 2.05) is 20.9 Å². The van der Waals surface area contributed by atoms with Crippen LogP contribution in [-0.2, 0) is 17.1 Å². The first-order chi connectivity index (χ1) is 10.3. The fourth-order valence-corrected chi connectivity index (χ4v) is 4.93. The molecule has 0 amide bonds. The van der Waals surface area contributed by atoms with Gasteiger partial charge in [-0.1, -0.05) is 20.3 Å². The van der Waals surface area contributed by atoms with Crippen molar-refractivity contribution in [1.82, 2.24) is 13.9 Å². The molecule has 22 heavy (non-hydrogen) atoms. The second-order valence-electron chi connectivity index (χ2n) is 6.39. The number of aromatic nitrogens is 2. The number of aliphatic hydroxyl groups is 1. The Bertz CT molecular complexity index is 585. The first kappa shape index (κ1) is 17.4. The number of imidazole rings is 1. The SMILES string of the molecule is CCC(C)CS(=O)(=O)N1CCCC(C(O)c2nccn2C)C1. The summed E-state index contributed by atoms with van der Waals surface area (Å²) >= 11 is 0. The second-order valence-corrected chi connectivity index (χ2v) is 8.41. The Morgan fingerprint density at radius 1 is 1.50 bits per heavy atom. The third-order valence-corrected chi connectivity index (χ3v) is 6.68. The van der Waals surface area contributed by atoms with Crippen LogP contribution in [0.4, 0.5) is 0 Å². The number of aryl methyl sites for hydroxylation is 1. The molecule has 3 unspecified atom stereocenters. The van der Waals surface area contributed by atoms with Gasteiger partial charge in [-0.15, -0.1) is 0 Å². The zero-order valence-corrected chi connectivity index (χ0v) is 14.5. The summed E-state index contributed by atoms with van der Waals surface area (Å²) in [5.41, 5.74) is 0. The predicted octanol–water partition coefficient (Wildman–Crippen LogP) is 1.54. The lowest BCUT2D eigenvalue weighted by Crippen LogP contribution is -2.43. The summed E-state index contributed by atoms with van der Waals surface area (Å²) in [7, 11) is -1.41. The summed E-state index contributed by atoms with van der Waals surface area (Å²) in [6, 6.07) is 0. The van der Waals surface area contributed by atoms with Crippen LogP contribution in [0, 0.1) is 11.8 Å². The van der Waals surface area contributed by atoms with Gasteiger partial charge in [0.05, 0.1) is 5.75 Å². The van der Waals surface area contributed by atoms with E-state index in [4.69, 9.17) is 0 Å². The second kappa shape index (κ2) is 7.10. The Hall–Kier alpha value is -0.920. The lowest BCUT2D eigenvalue weighted by atomic mass is 9.93. The summed E-state index contributed by atoms with van der Waals surface area (Å²) in [5, 5.41) is 10.5. The van der Waals surface area contributed by atoms with Crippen LogP contribution in [-0.4, -0.2) is 46.2 Å². The molecule has 7 heteroatoms. The largest absolute Gasteiger partial charge is 0.385 e. The van der Waals surface area contributed by atoms with Crippen molar-refractivity contribution in [1.29, 1.82) is 0 Å². The van der Waals surface area contributed by atoms with E-state index in [-0.39, 0.29) is 17.6 Å². The summed E-state index contributed by atoms with van der Waals surface area (Å²) in [6.07, 6.45) is 5.18. The summed E-state index contributed by atoms with van der Waals surface area (Å²) < 4.78 is 28.3. The average Bonchev–Trinajstić information content (AvgIpc) is 2.92. The zero-order valence-electron chi connectivity index (χ0n) is 13.6. The molecule has 1 N–H and O–H groups in total. The first-order valence-electron chi connectivity index (χ1n) is 7.98. The number of hydrogen-bond acceptors (Lipinski definition) is 4. The molecule has 1 aromatic rings. The highest BCUT2D eigenvalue weighted by Crippen LogP contribution is 2.30. The molecule has 0 bridgehead atoms. The van der Waals surface area contributed by atoms with Crippen molar-refractivity contribution in [3.8, 4) is 0 Å². The van der Waals surface area contributed by atoms with E-state index in [0.717, 1.165) is 19.3 Å². The van der Waals surface area contributed by atoms with Gasteiger partial charge >= 0.3 is 0 Å². The number of aliphatic hydroxyl groups excluding tert-OH is 1. The molecule has 0 aromatic carbocycles. The van der Waals surface area contributed by atoms with Crippen molar-refractivity contribution < 1.29 is 13.5 Å². The van der Waals surface area contributed by atoms with Gasteiger partial charge in [0, 0.05) is 38.4 Å². The predicted molar refractivity (Wildman–Crippen MR) is 85.7 cm³/mol. The minimum Gasteiger partial charge on any atom is -0.385 e.